The molecular weight excluding hydrogens is 359 g/mol. The number of amides is 1. The third-order valence-electron chi connectivity index (χ3n) is 3.68. The Morgan fingerprint density at radius 2 is 1.83 bits per heavy atom. The maximum atomic E-state index is 13.1. The predicted molar refractivity (Wildman–Crippen MR) is 93.5 cm³/mol. The summed E-state index contributed by atoms with van der Waals surface area (Å²) in [5.74, 6) is 0.0179. The Balaban J connectivity index is 1.97. The lowest BCUT2D eigenvalue weighted by atomic mass is 9.96. The lowest BCUT2D eigenvalue weighted by Gasteiger charge is -2.19. The average Bonchev–Trinajstić information content (AvgIpc) is 2.51. The summed E-state index contributed by atoms with van der Waals surface area (Å²) in [5, 5.41) is 4.88. The van der Waals surface area contributed by atoms with Crippen LogP contribution in [0.1, 0.15) is 25.5 Å². The molecule has 122 valence electrons. The third kappa shape index (κ3) is 5.15. The molecular formula is C18H21BrFN2O+. The van der Waals surface area contributed by atoms with E-state index >= 15 is 0 Å². The van der Waals surface area contributed by atoms with Gasteiger partial charge in [-0.15, -0.1) is 0 Å². The molecule has 0 aliphatic rings. The third-order valence-corrected chi connectivity index (χ3v) is 4.37. The van der Waals surface area contributed by atoms with Crippen molar-refractivity contribution >= 4 is 27.5 Å². The van der Waals surface area contributed by atoms with Crippen molar-refractivity contribution in [2.24, 2.45) is 5.92 Å². The van der Waals surface area contributed by atoms with E-state index in [2.05, 4.69) is 35.1 Å². The largest absolute Gasteiger partial charge is 0.332 e. The number of hydrogen-bond acceptors (Lipinski definition) is 1. The van der Waals surface area contributed by atoms with Crippen LogP contribution >= 0.6 is 15.9 Å². The fourth-order valence-electron chi connectivity index (χ4n) is 2.48. The molecule has 1 amide bonds. The monoisotopic (exact) mass is 379 g/mol. The summed E-state index contributed by atoms with van der Waals surface area (Å²) < 4.78 is 13.9. The maximum absolute atomic E-state index is 13.1. The fraction of sp³-hybridized carbons (Fsp3) is 0.278. The Hall–Kier alpha value is -1.72. The zero-order valence-corrected chi connectivity index (χ0v) is 14.8. The molecule has 0 aliphatic heterocycles. The first-order valence-electron chi connectivity index (χ1n) is 7.60. The quantitative estimate of drug-likeness (QED) is 0.792. The normalized spacial score (nSPS) is 12.2. The van der Waals surface area contributed by atoms with Crippen LogP contribution in [-0.4, -0.2) is 12.5 Å². The van der Waals surface area contributed by atoms with E-state index in [0.717, 1.165) is 15.7 Å². The molecule has 0 unspecified atom stereocenters. The summed E-state index contributed by atoms with van der Waals surface area (Å²) in [6.07, 6.45) is 0. The molecule has 2 aromatic rings. The summed E-state index contributed by atoms with van der Waals surface area (Å²) >= 11 is 3.41. The molecule has 0 aromatic heterocycles. The van der Waals surface area contributed by atoms with Crippen LogP contribution < -0.4 is 10.6 Å². The molecule has 5 heteroatoms. The van der Waals surface area contributed by atoms with Crippen LogP contribution in [0.25, 0.3) is 0 Å². The van der Waals surface area contributed by atoms with Crippen LogP contribution in [-0.2, 0) is 4.79 Å². The Morgan fingerprint density at radius 1 is 1.17 bits per heavy atom. The van der Waals surface area contributed by atoms with Gasteiger partial charge in [0.2, 0.25) is 0 Å². The number of carbonyl (C=O) groups is 1. The number of para-hydroxylation sites is 1. The van der Waals surface area contributed by atoms with E-state index in [1.54, 1.807) is 12.1 Å². The highest BCUT2D eigenvalue weighted by Gasteiger charge is 2.20. The van der Waals surface area contributed by atoms with Crippen molar-refractivity contribution in [2.75, 3.05) is 11.9 Å². The summed E-state index contributed by atoms with van der Waals surface area (Å²) in [5.41, 5.74) is 1.78. The number of benzene rings is 2. The molecule has 2 rings (SSSR count). The first-order valence-corrected chi connectivity index (χ1v) is 8.40. The number of anilines is 1. The van der Waals surface area contributed by atoms with Crippen molar-refractivity contribution in [2.45, 2.75) is 19.9 Å². The van der Waals surface area contributed by atoms with Crippen LogP contribution in [0.3, 0.4) is 0 Å². The molecule has 23 heavy (non-hydrogen) atoms. The minimum Gasteiger partial charge on any atom is -0.332 e. The standard InChI is InChI=1S/C18H20BrFN2O/c1-12(2)18(13-7-9-14(20)10-8-13)21-11-17(23)22-16-6-4-3-5-15(16)19/h3-10,12,18,21H,11H2,1-2H3,(H,22,23)/p+1/t18-/m0/s1. The number of hydrogen-bond donors (Lipinski definition) is 2. The number of rotatable bonds is 6. The first-order chi connectivity index (χ1) is 11.0. The van der Waals surface area contributed by atoms with Crippen molar-refractivity contribution in [1.29, 1.82) is 0 Å². The van der Waals surface area contributed by atoms with Crippen LogP contribution in [0.15, 0.2) is 53.0 Å². The molecule has 0 fully saturated rings. The van der Waals surface area contributed by atoms with Crippen LogP contribution in [0, 0.1) is 11.7 Å². The number of carbonyl (C=O) groups excluding carboxylic acids is 1. The van der Waals surface area contributed by atoms with Gasteiger partial charge >= 0.3 is 0 Å². The van der Waals surface area contributed by atoms with E-state index in [9.17, 15) is 9.18 Å². The van der Waals surface area contributed by atoms with Crippen molar-refractivity contribution in [1.82, 2.24) is 0 Å². The van der Waals surface area contributed by atoms with Crippen LogP contribution in [0.5, 0.6) is 0 Å². The smallest absolute Gasteiger partial charge is 0.279 e. The van der Waals surface area contributed by atoms with Gasteiger partial charge in [-0.3, -0.25) is 4.79 Å². The Kier molecular flexibility index (Phi) is 6.30. The van der Waals surface area contributed by atoms with Gasteiger partial charge in [-0.1, -0.05) is 38.1 Å². The second kappa shape index (κ2) is 8.22. The maximum Gasteiger partial charge on any atom is 0.279 e. The van der Waals surface area contributed by atoms with Gasteiger partial charge in [0.15, 0.2) is 6.54 Å². The Bertz CT molecular complexity index is 658. The second-order valence-corrected chi connectivity index (χ2v) is 6.64. The van der Waals surface area contributed by atoms with E-state index in [4.69, 9.17) is 0 Å². The van der Waals surface area contributed by atoms with Crippen molar-refractivity contribution in [3.05, 3.63) is 64.4 Å². The SMILES string of the molecule is CC(C)[C@H]([NH2+]CC(=O)Nc1ccccc1Br)c1ccc(F)cc1. The van der Waals surface area contributed by atoms with Gasteiger partial charge in [-0.25, -0.2) is 4.39 Å². The lowest BCUT2D eigenvalue weighted by molar-refractivity contribution is -0.692. The molecule has 0 saturated carbocycles. The Morgan fingerprint density at radius 3 is 2.43 bits per heavy atom. The summed E-state index contributed by atoms with van der Waals surface area (Å²) in [4.78, 5) is 12.2. The molecule has 0 saturated heterocycles. The van der Waals surface area contributed by atoms with Crippen molar-refractivity contribution in [3.8, 4) is 0 Å². The molecule has 0 aliphatic carbocycles. The molecule has 0 heterocycles. The molecule has 0 spiro atoms. The van der Waals surface area contributed by atoms with Gasteiger partial charge in [0, 0.05) is 16.0 Å². The van der Waals surface area contributed by atoms with Gasteiger partial charge < -0.3 is 10.6 Å². The number of nitrogens with two attached hydrogens (primary N) is 1. The van der Waals surface area contributed by atoms with Gasteiger partial charge in [-0.2, -0.15) is 0 Å². The fourth-order valence-corrected chi connectivity index (χ4v) is 2.86. The zero-order chi connectivity index (χ0) is 16.8. The summed E-state index contributed by atoms with van der Waals surface area (Å²) in [7, 11) is 0. The number of quaternary nitrogens is 1. The summed E-state index contributed by atoms with van der Waals surface area (Å²) in [6.45, 7) is 4.49. The highest BCUT2D eigenvalue weighted by molar-refractivity contribution is 9.10. The second-order valence-electron chi connectivity index (χ2n) is 5.79. The van der Waals surface area contributed by atoms with Gasteiger partial charge in [0.1, 0.15) is 11.9 Å². The van der Waals surface area contributed by atoms with Crippen molar-refractivity contribution < 1.29 is 14.5 Å². The summed E-state index contributed by atoms with van der Waals surface area (Å²) in [6, 6.07) is 14.1. The molecule has 0 bridgehead atoms. The number of halogens is 2. The predicted octanol–water partition coefficient (Wildman–Crippen LogP) is 3.49. The van der Waals surface area contributed by atoms with E-state index in [1.165, 1.54) is 12.1 Å². The van der Waals surface area contributed by atoms with E-state index in [-0.39, 0.29) is 17.8 Å². The highest BCUT2D eigenvalue weighted by Crippen LogP contribution is 2.21. The molecule has 1 atom stereocenters. The highest BCUT2D eigenvalue weighted by atomic mass is 79.9. The molecule has 3 nitrogen and oxygen atoms in total. The minimum atomic E-state index is -0.247. The van der Waals surface area contributed by atoms with Gasteiger partial charge in [0.25, 0.3) is 5.91 Å². The zero-order valence-electron chi connectivity index (χ0n) is 13.2. The first kappa shape index (κ1) is 17.6. The van der Waals surface area contributed by atoms with E-state index in [0.29, 0.717) is 12.5 Å². The van der Waals surface area contributed by atoms with E-state index < -0.39 is 0 Å². The Labute approximate surface area is 144 Å². The van der Waals surface area contributed by atoms with Crippen LogP contribution in [0.4, 0.5) is 10.1 Å². The van der Waals surface area contributed by atoms with Gasteiger partial charge in [-0.05, 0) is 40.2 Å². The lowest BCUT2D eigenvalue weighted by Crippen LogP contribution is -2.88. The molecule has 2 aromatic carbocycles. The van der Waals surface area contributed by atoms with Gasteiger partial charge in [0.05, 0.1) is 5.69 Å². The van der Waals surface area contributed by atoms with Crippen LogP contribution in [0.2, 0.25) is 0 Å². The topological polar surface area (TPSA) is 45.7 Å². The molecule has 3 N–H and O–H groups in total. The molecule has 0 radical (unpaired) electrons. The van der Waals surface area contributed by atoms with E-state index in [1.807, 2.05) is 29.6 Å². The van der Waals surface area contributed by atoms with Crippen molar-refractivity contribution in [3.63, 3.8) is 0 Å². The average molecular weight is 380 g/mol. The minimum absolute atomic E-state index is 0.0651. The number of nitrogens with one attached hydrogen (secondary N) is 1.